The van der Waals surface area contributed by atoms with Gasteiger partial charge in [-0.2, -0.15) is 0 Å². The fourth-order valence-corrected chi connectivity index (χ4v) is 3.56. The third kappa shape index (κ3) is 5.62. The molecule has 2 amide bonds. The molecule has 6 heteroatoms. The van der Waals surface area contributed by atoms with Gasteiger partial charge in [-0.1, -0.05) is 6.42 Å². The summed E-state index contributed by atoms with van der Waals surface area (Å²) < 4.78 is 5.08. The zero-order chi connectivity index (χ0) is 16.7. The van der Waals surface area contributed by atoms with E-state index in [1.54, 1.807) is 7.11 Å². The molecule has 2 rings (SSSR count). The Balaban J connectivity index is 1.86. The summed E-state index contributed by atoms with van der Waals surface area (Å²) in [5, 5.41) is 0. The van der Waals surface area contributed by atoms with Crippen molar-refractivity contribution in [2.75, 3.05) is 73.6 Å². The molecule has 23 heavy (non-hydrogen) atoms. The van der Waals surface area contributed by atoms with Gasteiger partial charge >= 0.3 is 6.03 Å². The second kappa shape index (κ2) is 9.45. The molecule has 2 fully saturated rings. The zero-order valence-electron chi connectivity index (χ0n) is 15.2. The molecule has 0 aliphatic carbocycles. The number of rotatable bonds is 5. The van der Waals surface area contributed by atoms with Crippen LogP contribution < -0.4 is 0 Å². The molecule has 0 unspecified atom stereocenters. The van der Waals surface area contributed by atoms with E-state index in [2.05, 4.69) is 21.7 Å². The minimum atomic E-state index is 0.183. The highest BCUT2D eigenvalue weighted by Crippen LogP contribution is 2.18. The molecule has 0 radical (unpaired) electrons. The molecule has 0 N–H and O–H groups in total. The summed E-state index contributed by atoms with van der Waals surface area (Å²) in [6.45, 7) is 7.81. The van der Waals surface area contributed by atoms with Crippen LogP contribution in [0.4, 0.5) is 4.79 Å². The van der Waals surface area contributed by atoms with Crippen LogP contribution in [0.15, 0.2) is 0 Å². The van der Waals surface area contributed by atoms with Crippen molar-refractivity contribution in [3.05, 3.63) is 0 Å². The van der Waals surface area contributed by atoms with Gasteiger partial charge in [-0.3, -0.25) is 4.90 Å². The first-order valence-corrected chi connectivity index (χ1v) is 9.03. The molecule has 2 aliphatic rings. The highest BCUT2D eigenvalue weighted by Gasteiger charge is 2.29. The molecule has 0 spiro atoms. The zero-order valence-corrected chi connectivity index (χ0v) is 15.2. The number of piperazine rings is 1. The van der Waals surface area contributed by atoms with Crippen LogP contribution in [0.5, 0.6) is 0 Å². The molecule has 0 aromatic heterocycles. The maximum absolute atomic E-state index is 12.7. The number of hydrogen-bond donors (Lipinski definition) is 0. The van der Waals surface area contributed by atoms with Crippen LogP contribution in [0.2, 0.25) is 0 Å². The van der Waals surface area contributed by atoms with Gasteiger partial charge in [-0.25, -0.2) is 4.79 Å². The first-order chi connectivity index (χ1) is 11.1. The van der Waals surface area contributed by atoms with Crippen molar-refractivity contribution < 1.29 is 9.53 Å². The molecule has 1 atom stereocenters. The Labute approximate surface area is 141 Å². The van der Waals surface area contributed by atoms with Gasteiger partial charge in [0.1, 0.15) is 0 Å². The van der Waals surface area contributed by atoms with Crippen molar-refractivity contribution in [3.63, 3.8) is 0 Å². The van der Waals surface area contributed by atoms with Gasteiger partial charge in [0.15, 0.2) is 0 Å². The van der Waals surface area contributed by atoms with Crippen LogP contribution in [0.1, 0.15) is 25.7 Å². The molecule has 0 aromatic carbocycles. The maximum atomic E-state index is 12.7. The molecule has 0 aromatic rings. The molecular formula is C17H34N4O2. The highest BCUT2D eigenvalue weighted by atomic mass is 16.5. The number of urea groups is 1. The van der Waals surface area contributed by atoms with Gasteiger partial charge in [0.2, 0.25) is 0 Å². The lowest BCUT2D eigenvalue weighted by Crippen LogP contribution is -2.53. The molecule has 6 nitrogen and oxygen atoms in total. The van der Waals surface area contributed by atoms with Crippen molar-refractivity contribution in [2.45, 2.75) is 31.7 Å². The fourth-order valence-electron chi connectivity index (χ4n) is 3.56. The third-order valence-electron chi connectivity index (χ3n) is 5.14. The molecule has 0 bridgehead atoms. The number of carbonyl (C=O) groups is 1. The lowest BCUT2D eigenvalue weighted by molar-refractivity contribution is 0.0882. The van der Waals surface area contributed by atoms with Crippen LogP contribution in [0.25, 0.3) is 0 Å². The van der Waals surface area contributed by atoms with E-state index in [0.717, 1.165) is 58.7 Å². The van der Waals surface area contributed by atoms with Gasteiger partial charge in [-0.15, -0.1) is 0 Å². The van der Waals surface area contributed by atoms with Crippen LogP contribution in [-0.4, -0.2) is 105 Å². The monoisotopic (exact) mass is 326 g/mol. The van der Waals surface area contributed by atoms with E-state index < -0.39 is 0 Å². The van der Waals surface area contributed by atoms with E-state index in [-0.39, 0.29) is 6.03 Å². The van der Waals surface area contributed by atoms with E-state index >= 15 is 0 Å². The van der Waals surface area contributed by atoms with E-state index in [1.165, 1.54) is 12.8 Å². The number of nitrogens with zero attached hydrogens (tertiary/aromatic N) is 4. The average Bonchev–Trinajstić information content (AvgIpc) is 2.81. The highest BCUT2D eigenvalue weighted by molar-refractivity contribution is 5.74. The number of amides is 2. The lowest BCUT2D eigenvalue weighted by Gasteiger charge is -2.39. The summed E-state index contributed by atoms with van der Waals surface area (Å²) in [4.78, 5) is 21.6. The number of carbonyl (C=O) groups excluding carboxylic acids is 1. The van der Waals surface area contributed by atoms with Gasteiger partial charge in [0.05, 0.1) is 0 Å². The van der Waals surface area contributed by atoms with Gasteiger partial charge in [-0.05, 0) is 26.3 Å². The topological polar surface area (TPSA) is 39.3 Å². The molecule has 0 saturated carbocycles. The van der Waals surface area contributed by atoms with Gasteiger partial charge < -0.3 is 19.4 Å². The minimum Gasteiger partial charge on any atom is -0.385 e. The summed E-state index contributed by atoms with van der Waals surface area (Å²) >= 11 is 0. The standard InChI is InChI=1S/C17H34N4O2/c1-18-10-12-20(13-11-18)16-7-4-5-9-21(15-16)17(22)19(2)8-6-14-23-3/h16H,4-15H2,1-3H3/t16-/m1/s1. The summed E-state index contributed by atoms with van der Waals surface area (Å²) in [7, 11) is 5.81. The normalized spacial score (nSPS) is 24.5. The van der Waals surface area contributed by atoms with Crippen molar-refractivity contribution in [1.82, 2.24) is 19.6 Å². The fraction of sp³-hybridized carbons (Fsp3) is 0.941. The Hall–Kier alpha value is -0.850. The minimum absolute atomic E-state index is 0.183. The quantitative estimate of drug-likeness (QED) is 0.711. The predicted octanol–water partition coefficient (Wildman–Crippen LogP) is 1.18. The van der Waals surface area contributed by atoms with Crippen molar-refractivity contribution >= 4 is 6.03 Å². The van der Waals surface area contributed by atoms with Crippen molar-refractivity contribution in [3.8, 4) is 0 Å². The third-order valence-corrected chi connectivity index (χ3v) is 5.14. The average molecular weight is 326 g/mol. The SMILES string of the molecule is COCCCN(C)C(=O)N1CCCC[C@@H](N2CCN(C)CC2)C1. The van der Waals surface area contributed by atoms with E-state index in [4.69, 9.17) is 4.74 Å². The summed E-state index contributed by atoms with van der Waals surface area (Å²) in [5.41, 5.74) is 0. The van der Waals surface area contributed by atoms with Crippen LogP contribution in [0, 0.1) is 0 Å². The Morgan fingerprint density at radius 1 is 1.17 bits per heavy atom. The predicted molar refractivity (Wildman–Crippen MR) is 92.8 cm³/mol. The number of likely N-dealkylation sites (tertiary alicyclic amines) is 1. The van der Waals surface area contributed by atoms with Crippen LogP contribution >= 0.6 is 0 Å². The second-order valence-electron chi connectivity index (χ2n) is 6.99. The van der Waals surface area contributed by atoms with E-state index in [9.17, 15) is 4.79 Å². The summed E-state index contributed by atoms with van der Waals surface area (Å²) in [6, 6.07) is 0.713. The molecule has 2 saturated heterocycles. The Morgan fingerprint density at radius 3 is 2.61 bits per heavy atom. The molecule has 2 heterocycles. The van der Waals surface area contributed by atoms with Crippen LogP contribution in [-0.2, 0) is 4.74 Å². The summed E-state index contributed by atoms with van der Waals surface area (Å²) in [5.74, 6) is 0. The lowest BCUT2D eigenvalue weighted by atomic mass is 10.1. The number of hydrogen-bond acceptors (Lipinski definition) is 4. The van der Waals surface area contributed by atoms with Crippen molar-refractivity contribution in [1.29, 1.82) is 0 Å². The van der Waals surface area contributed by atoms with Gasteiger partial charge in [0.25, 0.3) is 0 Å². The number of ether oxygens (including phenoxy) is 1. The number of likely N-dealkylation sites (N-methyl/N-ethyl adjacent to an activating group) is 1. The maximum Gasteiger partial charge on any atom is 0.319 e. The smallest absolute Gasteiger partial charge is 0.319 e. The largest absolute Gasteiger partial charge is 0.385 e. The number of methoxy groups -OCH3 is 1. The Morgan fingerprint density at radius 2 is 1.91 bits per heavy atom. The first kappa shape index (κ1) is 18.5. The van der Waals surface area contributed by atoms with Crippen LogP contribution in [0.3, 0.4) is 0 Å². The molecule has 134 valence electrons. The van der Waals surface area contributed by atoms with E-state index in [0.29, 0.717) is 12.6 Å². The molecular weight excluding hydrogens is 292 g/mol. The molecule has 2 aliphatic heterocycles. The Kier molecular flexibility index (Phi) is 7.59. The second-order valence-corrected chi connectivity index (χ2v) is 6.99. The first-order valence-electron chi connectivity index (χ1n) is 9.03. The Bertz CT molecular complexity index is 359. The summed E-state index contributed by atoms with van der Waals surface area (Å²) in [6.07, 6.45) is 4.48. The van der Waals surface area contributed by atoms with E-state index in [1.807, 2.05) is 11.9 Å². The van der Waals surface area contributed by atoms with Crippen molar-refractivity contribution in [2.24, 2.45) is 0 Å². The van der Waals surface area contributed by atoms with Gasteiger partial charge in [0, 0.05) is 72.6 Å².